The number of nitrogens with zero attached hydrogens (tertiary/aromatic N) is 7. The summed E-state index contributed by atoms with van der Waals surface area (Å²) in [5.74, 6) is -0.0949. The molecule has 8 nitrogen and oxygen atoms in total. The van der Waals surface area contributed by atoms with Crippen LogP contribution in [0.15, 0.2) is 47.8 Å². The van der Waals surface area contributed by atoms with Gasteiger partial charge in [-0.05, 0) is 31.5 Å². The number of pyridine rings is 2. The standard InChI is InChI=1S/C23H21N7O/c1-14-17-13-29(27-14)8-5-7-28(2)23(31)21-22(30-9-4-3-6-19(30)26-21)15-10-16-18(24-11-15)12-25-20(16)17/h3-4,6,9-11,13H,5,7-8,12H2,1-2H3. The van der Waals surface area contributed by atoms with Gasteiger partial charge in [0.15, 0.2) is 5.69 Å². The van der Waals surface area contributed by atoms with Gasteiger partial charge in [-0.25, -0.2) is 4.98 Å². The number of aromatic nitrogens is 5. The third-order valence-electron chi connectivity index (χ3n) is 6.05. The topological polar surface area (TPSA) is 80.7 Å². The number of carbonyl (C=O) groups excluding carboxylic acids is 1. The molecule has 0 radical (unpaired) electrons. The molecule has 0 atom stereocenters. The van der Waals surface area contributed by atoms with Crippen molar-refractivity contribution in [2.45, 2.75) is 26.4 Å². The predicted octanol–water partition coefficient (Wildman–Crippen LogP) is 2.73. The molecule has 31 heavy (non-hydrogen) atoms. The lowest BCUT2D eigenvalue weighted by molar-refractivity contribution is 0.0787. The van der Waals surface area contributed by atoms with E-state index in [4.69, 9.17) is 9.98 Å². The van der Waals surface area contributed by atoms with Crippen LogP contribution in [0, 0.1) is 6.92 Å². The quantitative estimate of drug-likeness (QED) is 0.446. The summed E-state index contributed by atoms with van der Waals surface area (Å²) in [7, 11) is 1.83. The molecule has 0 spiro atoms. The van der Waals surface area contributed by atoms with Gasteiger partial charge >= 0.3 is 0 Å². The van der Waals surface area contributed by atoms with E-state index < -0.39 is 0 Å². The van der Waals surface area contributed by atoms with Crippen molar-refractivity contribution in [1.29, 1.82) is 0 Å². The zero-order chi connectivity index (χ0) is 21.1. The third-order valence-corrected chi connectivity index (χ3v) is 6.05. The lowest BCUT2D eigenvalue weighted by Gasteiger charge is -2.17. The summed E-state index contributed by atoms with van der Waals surface area (Å²) >= 11 is 0. The summed E-state index contributed by atoms with van der Waals surface area (Å²) in [6.07, 6.45) is 6.62. The van der Waals surface area contributed by atoms with Crippen LogP contribution in [0.3, 0.4) is 0 Å². The van der Waals surface area contributed by atoms with E-state index in [-0.39, 0.29) is 5.91 Å². The molecule has 1 amide bonds. The second kappa shape index (κ2) is 6.60. The van der Waals surface area contributed by atoms with Gasteiger partial charge in [0.1, 0.15) is 5.65 Å². The van der Waals surface area contributed by atoms with Gasteiger partial charge in [0.2, 0.25) is 0 Å². The van der Waals surface area contributed by atoms with E-state index in [0.29, 0.717) is 18.8 Å². The molecule has 0 unspecified atom stereocenters. The van der Waals surface area contributed by atoms with Crippen LogP contribution >= 0.6 is 0 Å². The fourth-order valence-electron chi connectivity index (χ4n) is 4.46. The Bertz CT molecular complexity index is 1390. The van der Waals surface area contributed by atoms with Gasteiger partial charge in [-0.1, -0.05) is 6.07 Å². The molecule has 0 saturated heterocycles. The van der Waals surface area contributed by atoms with Crippen LogP contribution in [0.5, 0.6) is 0 Å². The molecule has 6 rings (SSSR count). The number of hydrogen-bond donors (Lipinski definition) is 0. The number of amides is 1. The minimum absolute atomic E-state index is 0.0949. The molecule has 4 aromatic heterocycles. The Labute approximate surface area is 178 Å². The van der Waals surface area contributed by atoms with Crippen LogP contribution in [0.1, 0.15) is 39.4 Å². The fourth-order valence-corrected chi connectivity index (χ4v) is 4.46. The Morgan fingerprint density at radius 3 is 2.94 bits per heavy atom. The normalized spacial score (nSPS) is 15.7. The van der Waals surface area contributed by atoms with Crippen molar-refractivity contribution in [3.05, 3.63) is 71.1 Å². The van der Waals surface area contributed by atoms with Crippen LogP contribution in [-0.2, 0) is 13.1 Å². The maximum absolute atomic E-state index is 13.4. The van der Waals surface area contributed by atoms with Gasteiger partial charge in [-0.3, -0.25) is 23.9 Å². The van der Waals surface area contributed by atoms with Gasteiger partial charge in [0.25, 0.3) is 5.91 Å². The zero-order valence-electron chi connectivity index (χ0n) is 17.4. The van der Waals surface area contributed by atoms with E-state index in [9.17, 15) is 4.79 Å². The number of fused-ring (bicyclic) bond motifs is 8. The average molecular weight is 411 g/mol. The molecule has 0 saturated carbocycles. The molecule has 6 heterocycles. The SMILES string of the molecule is Cc1nn2cc1C1=NCc3ncc(cc31)-c1c(nc3ccccn13)C(=O)N(C)CCC2. The Balaban J connectivity index is 1.63. The maximum Gasteiger partial charge on any atom is 0.274 e. The molecule has 0 N–H and O–H groups in total. The van der Waals surface area contributed by atoms with E-state index in [1.165, 1.54) is 0 Å². The third kappa shape index (κ3) is 2.71. The lowest BCUT2D eigenvalue weighted by atomic mass is 10.0. The van der Waals surface area contributed by atoms with Gasteiger partial charge < -0.3 is 4.90 Å². The predicted molar refractivity (Wildman–Crippen MR) is 116 cm³/mol. The van der Waals surface area contributed by atoms with Gasteiger partial charge in [-0.15, -0.1) is 0 Å². The maximum atomic E-state index is 13.4. The van der Waals surface area contributed by atoms with Crippen molar-refractivity contribution in [3.8, 4) is 11.3 Å². The number of hydrogen-bond acceptors (Lipinski definition) is 5. The molecule has 4 aromatic rings. The number of imidazole rings is 1. The highest BCUT2D eigenvalue weighted by Gasteiger charge is 2.27. The Hall–Kier alpha value is -3.81. The lowest BCUT2D eigenvalue weighted by Crippen LogP contribution is -2.29. The second-order valence-corrected chi connectivity index (χ2v) is 8.09. The number of rotatable bonds is 0. The van der Waals surface area contributed by atoms with Crippen molar-refractivity contribution in [2.24, 2.45) is 4.99 Å². The first-order valence-corrected chi connectivity index (χ1v) is 10.4. The summed E-state index contributed by atoms with van der Waals surface area (Å²) in [6.45, 7) is 3.91. The minimum atomic E-state index is -0.0949. The molecular formula is C23H21N7O. The highest BCUT2D eigenvalue weighted by Crippen LogP contribution is 2.31. The summed E-state index contributed by atoms with van der Waals surface area (Å²) in [5, 5.41) is 4.67. The van der Waals surface area contributed by atoms with Crippen molar-refractivity contribution in [1.82, 2.24) is 29.0 Å². The van der Waals surface area contributed by atoms with E-state index in [2.05, 4.69) is 22.3 Å². The Morgan fingerprint density at radius 2 is 2.03 bits per heavy atom. The smallest absolute Gasteiger partial charge is 0.274 e. The molecule has 4 bridgehead atoms. The highest BCUT2D eigenvalue weighted by atomic mass is 16.2. The number of aliphatic imine (C=N–C) groups is 1. The first-order valence-electron chi connectivity index (χ1n) is 10.4. The van der Waals surface area contributed by atoms with Gasteiger partial charge in [0.05, 0.1) is 29.3 Å². The summed E-state index contributed by atoms with van der Waals surface area (Å²) in [4.78, 5) is 29.3. The fraction of sp³-hybridized carbons (Fsp3) is 0.261. The average Bonchev–Trinajstić information content (AvgIpc) is 3.46. The van der Waals surface area contributed by atoms with Crippen LogP contribution in [0.25, 0.3) is 16.9 Å². The molecule has 0 fully saturated rings. The van der Waals surface area contributed by atoms with Crippen molar-refractivity contribution in [3.63, 3.8) is 0 Å². The Kier molecular flexibility index (Phi) is 3.83. The monoisotopic (exact) mass is 411 g/mol. The first-order chi connectivity index (χ1) is 15.1. The van der Waals surface area contributed by atoms with Crippen molar-refractivity contribution in [2.75, 3.05) is 13.6 Å². The number of carbonyl (C=O) groups is 1. The van der Waals surface area contributed by atoms with Gasteiger partial charge in [-0.2, -0.15) is 5.10 Å². The highest BCUT2D eigenvalue weighted by molar-refractivity contribution is 6.16. The molecule has 8 heteroatoms. The van der Waals surface area contributed by atoms with E-state index >= 15 is 0 Å². The first kappa shape index (κ1) is 18.0. The summed E-state index contributed by atoms with van der Waals surface area (Å²) in [5.41, 5.74) is 7.65. The van der Waals surface area contributed by atoms with Crippen LogP contribution in [0.4, 0.5) is 0 Å². The van der Waals surface area contributed by atoms with Crippen molar-refractivity contribution < 1.29 is 4.79 Å². The molecular weight excluding hydrogens is 390 g/mol. The summed E-state index contributed by atoms with van der Waals surface area (Å²) in [6, 6.07) is 7.88. The van der Waals surface area contributed by atoms with E-state index in [1.54, 1.807) is 4.90 Å². The zero-order valence-corrected chi connectivity index (χ0v) is 17.4. The van der Waals surface area contributed by atoms with Crippen molar-refractivity contribution >= 4 is 17.3 Å². The molecule has 0 aromatic carbocycles. The molecule has 154 valence electrons. The summed E-state index contributed by atoms with van der Waals surface area (Å²) < 4.78 is 3.91. The number of aryl methyl sites for hydroxylation is 2. The van der Waals surface area contributed by atoms with E-state index in [1.807, 2.05) is 53.6 Å². The molecule has 2 aliphatic rings. The van der Waals surface area contributed by atoms with Crippen LogP contribution in [0.2, 0.25) is 0 Å². The molecule has 2 aliphatic heterocycles. The van der Waals surface area contributed by atoms with Gasteiger partial charge in [0, 0.05) is 55.4 Å². The largest absolute Gasteiger partial charge is 0.340 e. The van der Waals surface area contributed by atoms with Crippen LogP contribution < -0.4 is 0 Å². The Morgan fingerprint density at radius 1 is 1.13 bits per heavy atom. The molecule has 0 aliphatic carbocycles. The van der Waals surface area contributed by atoms with Crippen LogP contribution in [-0.4, -0.2) is 54.3 Å². The minimum Gasteiger partial charge on any atom is -0.340 e. The second-order valence-electron chi connectivity index (χ2n) is 8.09. The van der Waals surface area contributed by atoms with E-state index in [0.717, 1.165) is 58.1 Å².